The molecule has 0 saturated carbocycles. The number of aromatic nitrogens is 2. The van der Waals surface area contributed by atoms with Gasteiger partial charge >= 0.3 is 5.97 Å². The van der Waals surface area contributed by atoms with Crippen LogP contribution in [0.5, 0.6) is 17.2 Å². The van der Waals surface area contributed by atoms with E-state index in [1.165, 1.54) is 33.0 Å². The quantitative estimate of drug-likeness (QED) is 0.0819. The first-order chi connectivity index (χ1) is 30.6. The lowest BCUT2D eigenvalue weighted by atomic mass is 9.86. The molecule has 0 aliphatic carbocycles. The minimum absolute atomic E-state index is 0.0462. The lowest BCUT2D eigenvalue weighted by Gasteiger charge is -2.32. The number of phenols is 1. The second kappa shape index (κ2) is 20.8. The number of carbonyl (C=O) groups excluding carboxylic acids is 4. The monoisotopic (exact) mass is 897 g/mol. The number of carboxylic acids is 1. The number of amides is 4. The number of aliphatic hydroxyl groups is 1. The summed E-state index contributed by atoms with van der Waals surface area (Å²) in [6.07, 6.45) is -0.886. The van der Waals surface area contributed by atoms with Crippen molar-refractivity contribution in [3.05, 3.63) is 82.5 Å². The van der Waals surface area contributed by atoms with Gasteiger partial charge in [-0.15, -0.1) is 0 Å². The number of nitrogen functional groups attached to an aromatic ring is 1. The highest BCUT2D eigenvalue weighted by Crippen LogP contribution is 2.45. The van der Waals surface area contributed by atoms with Gasteiger partial charge in [-0.3, -0.25) is 19.2 Å². The molecule has 1 aliphatic rings. The molecule has 5 atom stereocenters. The third-order valence-electron chi connectivity index (χ3n) is 10.9. The summed E-state index contributed by atoms with van der Waals surface area (Å²) in [4.78, 5) is 78.6. The van der Waals surface area contributed by atoms with E-state index in [-0.39, 0.29) is 76.9 Å². The molecule has 4 bridgehead atoms. The van der Waals surface area contributed by atoms with Gasteiger partial charge in [0.1, 0.15) is 54.0 Å². The summed E-state index contributed by atoms with van der Waals surface area (Å²) in [5.41, 5.74) is 20.4. The minimum atomic E-state index is -1.60. The van der Waals surface area contributed by atoms with Crippen molar-refractivity contribution < 1.29 is 48.8 Å². The molecule has 5 rings (SSSR count). The Morgan fingerprint density at radius 3 is 2.28 bits per heavy atom. The van der Waals surface area contributed by atoms with Crippen LogP contribution in [0.15, 0.2) is 54.6 Å². The van der Waals surface area contributed by atoms with E-state index in [1.54, 1.807) is 25.1 Å². The molecule has 1 aliphatic heterocycles. The van der Waals surface area contributed by atoms with E-state index in [9.17, 15) is 39.3 Å². The summed E-state index contributed by atoms with van der Waals surface area (Å²) in [5, 5.41) is 39.9. The molecule has 2 heterocycles. The van der Waals surface area contributed by atoms with Crippen molar-refractivity contribution in [1.29, 1.82) is 0 Å². The number of benzene rings is 3. The van der Waals surface area contributed by atoms with Gasteiger partial charge in [-0.2, -0.15) is 0 Å². The molecule has 348 valence electrons. The molecule has 4 aromatic rings. The first kappa shape index (κ1) is 49.2. The van der Waals surface area contributed by atoms with Crippen molar-refractivity contribution in [1.82, 2.24) is 30.8 Å². The number of aromatic hydroxyl groups is 1. The molecule has 0 fully saturated rings. The second-order valence-electron chi connectivity index (χ2n) is 17.0. The number of hydrogen-bond acceptors (Lipinski definition) is 14. The highest BCUT2D eigenvalue weighted by molar-refractivity contribution is 6.02. The molecular formula is C46H59N9O10. The number of nitrogens with two attached hydrogens (primary N) is 3. The molecule has 0 spiro atoms. The molecule has 1 aromatic heterocycles. The standard InChI is InChI=1S/C46H59N9O10/c1-23-36(39(49)54-40(50-23)27-10-12-29(13-11-27)46(4,5)6)42(59)52-25(3)44(61)55(7)37-28-19-32(38(57)35(20-28)65-22-30(56)21-48)31-17-26(9-14-34(31)64-16-8-15-47)18-33(45(62)63)53-41(58)24(2)51-43(37)60/h9-14,17,19-20,24-25,30,33,37,56-57H,8,15-16,18,21-22,47-48H2,1-7H3,(H,51,60)(H,52,59)(H,53,58)(H,62,63)(H2,49,50,54)/t24-,25-,30-,33-,37-/m0/s1. The fourth-order valence-electron chi connectivity index (χ4n) is 7.19. The first-order valence-corrected chi connectivity index (χ1v) is 21.1. The zero-order valence-electron chi connectivity index (χ0n) is 37.6. The zero-order chi connectivity index (χ0) is 47.9. The number of rotatable bonds is 14. The third-order valence-corrected chi connectivity index (χ3v) is 10.9. The van der Waals surface area contributed by atoms with E-state index in [0.29, 0.717) is 29.9 Å². The third kappa shape index (κ3) is 11.7. The van der Waals surface area contributed by atoms with Crippen LogP contribution in [0.2, 0.25) is 0 Å². The van der Waals surface area contributed by atoms with Crippen molar-refractivity contribution in [2.75, 3.05) is 39.1 Å². The Labute approximate surface area is 377 Å². The van der Waals surface area contributed by atoms with Crippen molar-refractivity contribution in [2.45, 2.75) is 90.1 Å². The number of ether oxygens (including phenoxy) is 2. The van der Waals surface area contributed by atoms with Crippen molar-refractivity contribution in [2.24, 2.45) is 11.5 Å². The zero-order valence-corrected chi connectivity index (χ0v) is 37.6. The number of aryl methyl sites for hydroxylation is 1. The van der Waals surface area contributed by atoms with Gasteiger partial charge in [0, 0.05) is 36.7 Å². The Balaban J connectivity index is 1.58. The number of phenolic OH excluding ortho intramolecular Hbond substituents is 1. The van der Waals surface area contributed by atoms with Crippen LogP contribution in [0, 0.1) is 6.92 Å². The summed E-state index contributed by atoms with van der Waals surface area (Å²) < 4.78 is 11.9. The molecule has 3 aromatic carbocycles. The van der Waals surface area contributed by atoms with Crippen LogP contribution in [-0.4, -0.2) is 117 Å². The summed E-state index contributed by atoms with van der Waals surface area (Å²) >= 11 is 0. The Bertz CT molecular complexity index is 2400. The molecule has 0 radical (unpaired) electrons. The normalized spacial score (nSPS) is 17.4. The lowest BCUT2D eigenvalue weighted by Crippen LogP contribution is -2.54. The smallest absolute Gasteiger partial charge is 0.326 e. The number of carbonyl (C=O) groups is 5. The maximum Gasteiger partial charge on any atom is 0.326 e. The highest BCUT2D eigenvalue weighted by Gasteiger charge is 2.36. The van der Waals surface area contributed by atoms with Crippen molar-refractivity contribution in [3.8, 4) is 39.8 Å². The fraction of sp³-hybridized carbons (Fsp3) is 0.413. The molecule has 4 amide bonds. The minimum Gasteiger partial charge on any atom is -0.504 e. The molecule has 19 nitrogen and oxygen atoms in total. The van der Waals surface area contributed by atoms with Crippen LogP contribution in [-0.2, 0) is 31.0 Å². The molecule has 65 heavy (non-hydrogen) atoms. The summed E-state index contributed by atoms with van der Waals surface area (Å²) in [5.74, 6) is -4.86. The van der Waals surface area contributed by atoms with Crippen LogP contribution in [0.1, 0.15) is 79.8 Å². The number of likely N-dealkylation sites (N-methyl/N-ethyl adjacent to an activating group) is 1. The first-order valence-electron chi connectivity index (χ1n) is 21.1. The van der Waals surface area contributed by atoms with Crippen molar-refractivity contribution in [3.63, 3.8) is 0 Å². The van der Waals surface area contributed by atoms with Crippen LogP contribution in [0.25, 0.3) is 22.5 Å². The van der Waals surface area contributed by atoms with Crippen molar-refractivity contribution >= 4 is 35.4 Å². The summed E-state index contributed by atoms with van der Waals surface area (Å²) in [6, 6.07) is 9.50. The van der Waals surface area contributed by atoms with Crippen LogP contribution >= 0.6 is 0 Å². The number of aliphatic carboxylic acids is 1. The average molecular weight is 898 g/mol. The maximum absolute atomic E-state index is 14.5. The topological polar surface area (TPSA) is 308 Å². The predicted octanol–water partition coefficient (Wildman–Crippen LogP) is 2.08. The Morgan fingerprint density at radius 2 is 1.66 bits per heavy atom. The Morgan fingerprint density at radius 1 is 0.969 bits per heavy atom. The molecular weight excluding hydrogens is 839 g/mol. The van der Waals surface area contributed by atoms with E-state index in [2.05, 4.69) is 46.7 Å². The fourth-order valence-corrected chi connectivity index (χ4v) is 7.19. The summed E-state index contributed by atoms with van der Waals surface area (Å²) in [6.45, 7) is 10.5. The van der Waals surface area contributed by atoms with E-state index in [4.69, 9.17) is 26.7 Å². The number of fused-ring (bicyclic) bond motifs is 5. The molecule has 0 unspecified atom stereocenters. The Kier molecular flexibility index (Phi) is 15.7. The van der Waals surface area contributed by atoms with Gasteiger partial charge < -0.3 is 62.8 Å². The van der Waals surface area contributed by atoms with Gasteiger partial charge in [-0.1, -0.05) is 51.1 Å². The molecule has 19 heteroatoms. The Hall–Kier alpha value is -6.83. The van der Waals surface area contributed by atoms with Gasteiger partial charge in [-0.25, -0.2) is 14.8 Å². The average Bonchev–Trinajstić information content (AvgIpc) is 3.25. The van der Waals surface area contributed by atoms with Gasteiger partial charge in [-0.05, 0) is 80.1 Å². The number of nitrogens with zero attached hydrogens (tertiary/aromatic N) is 3. The predicted molar refractivity (Wildman–Crippen MR) is 242 cm³/mol. The van der Waals surface area contributed by atoms with Gasteiger partial charge in [0.25, 0.3) is 5.91 Å². The van der Waals surface area contributed by atoms with E-state index < -0.39 is 65.6 Å². The van der Waals surface area contributed by atoms with Crippen LogP contribution < -0.4 is 42.6 Å². The number of hydrogen-bond donors (Lipinski definition) is 9. The largest absolute Gasteiger partial charge is 0.504 e. The van der Waals surface area contributed by atoms with Crippen LogP contribution in [0.3, 0.4) is 0 Å². The van der Waals surface area contributed by atoms with E-state index in [1.807, 2.05) is 24.3 Å². The van der Waals surface area contributed by atoms with Gasteiger partial charge in [0.15, 0.2) is 17.3 Å². The van der Waals surface area contributed by atoms with E-state index >= 15 is 0 Å². The number of anilines is 1. The lowest BCUT2D eigenvalue weighted by molar-refractivity contribution is -0.143. The molecule has 0 saturated heterocycles. The van der Waals surface area contributed by atoms with Crippen LogP contribution in [0.4, 0.5) is 5.82 Å². The summed E-state index contributed by atoms with van der Waals surface area (Å²) in [7, 11) is 1.30. The van der Waals surface area contributed by atoms with Gasteiger partial charge in [0.05, 0.1) is 12.3 Å². The van der Waals surface area contributed by atoms with E-state index in [0.717, 1.165) is 10.5 Å². The maximum atomic E-state index is 14.5. The molecule has 12 N–H and O–H groups in total. The SMILES string of the molecule is Cc1nc(-c2ccc(C(C)(C)C)cc2)nc(N)c1C(=O)N[C@@H](C)C(=O)N(C)[C@@H]1C(=O)N[C@@H](C)C(=O)N[C@H](C(=O)O)Cc2ccc(OCCCN)c(c2)-c2cc1cc(OC[C@@H](O)CN)c2O. The number of nitrogens with one attached hydrogen (secondary N) is 3. The second-order valence-corrected chi connectivity index (χ2v) is 17.0. The number of carboxylic acid groups (broad SMARTS) is 1. The highest BCUT2D eigenvalue weighted by atomic mass is 16.5. The number of aliphatic hydroxyl groups excluding tert-OH is 1. The van der Waals surface area contributed by atoms with Gasteiger partial charge in [0.2, 0.25) is 17.7 Å².